The Morgan fingerprint density at radius 3 is 2.74 bits per heavy atom. The summed E-state index contributed by atoms with van der Waals surface area (Å²) >= 11 is 0. The van der Waals surface area contributed by atoms with Gasteiger partial charge in [-0.15, -0.1) is 0 Å². The van der Waals surface area contributed by atoms with Crippen LogP contribution < -0.4 is 11.1 Å². The predicted octanol–water partition coefficient (Wildman–Crippen LogP) is 1.35. The lowest BCUT2D eigenvalue weighted by molar-refractivity contribution is 0.1000. The van der Waals surface area contributed by atoms with Crippen LogP contribution in [0.5, 0.6) is 0 Å². The molecule has 1 amide bonds. The molecule has 1 unspecified atom stereocenters. The van der Waals surface area contributed by atoms with Crippen LogP contribution in [-0.2, 0) is 6.54 Å². The molecule has 0 bridgehead atoms. The number of nitrogens with zero attached hydrogens (tertiary/aromatic N) is 1. The molecule has 4 nitrogen and oxygen atoms in total. The van der Waals surface area contributed by atoms with Crippen molar-refractivity contribution in [1.82, 2.24) is 10.2 Å². The third-order valence-corrected chi connectivity index (χ3v) is 2.98. The van der Waals surface area contributed by atoms with Crippen molar-refractivity contribution in [1.29, 1.82) is 0 Å². The third kappa shape index (κ3) is 5.36. The molecule has 106 valence electrons. The van der Waals surface area contributed by atoms with E-state index in [1.54, 1.807) is 0 Å². The van der Waals surface area contributed by atoms with Gasteiger partial charge in [0, 0.05) is 23.7 Å². The second-order valence-electron chi connectivity index (χ2n) is 5.04. The van der Waals surface area contributed by atoms with Gasteiger partial charge in [0.25, 0.3) is 0 Å². The Kier molecular flexibility index (Phi) is 5.92. The highest BCUT2D eigenvalue weighted by Gasteiger charge is 2.08. The number of primary amides is 1. The fraction of sp³-hybridized carbons (Fsp3) is 0.500. The maximum Gasteiger partial charge on any atom is 0.248 e. The Balaban J connectivity index is 2.57. The van der Waals surface area contributed by atoms with Crippen molar-refractivity contribution in [2.24, 2.45) is 5.73 Å². The summed E-state index contributed by atoms with van der Waals surface area (Å²) in [5, 5.41) is 3.24. The minimum atomic E-state index is -0.540. The molecule has 0 aliphatic heterocycles. The number of nitrogens with one attached hydrogen (secondary N) is 1. The summed E-state index contributed by atoms with van der Waals surface area (Å²) < 4.78 is 13.6. The summed E-state index contributed by atoms with van der Waals surface area (Å²) in [4.78, 5) is 13.2. The summed E-state index contributed by atoms with van der Waals surface area (Å²) in [6, 6.07) is 4.46. The average molecular weight is 267 g/mol. The Bertz CT molecular complexity index is 435. The van der Waals surface area contributed by atoms with Gasteiger partial charge in [0.2, 0.25) is 5.91 Å². The van der Waals surface area contributed by atoms with Crippen LogP contribution in [-0.4, -0.2) is 37.5 Å². The number of carbonyl (C=O) groups is 1. The molecule has 0 radical (unpaired) electrons. The second-order valence-corrected chi connectivity index (χ2v) is 5.04. The Morgan fingerprint density at radius 2 is 2.16 bits per heavy atom. The largest absolute Gasteiger partial charge is 0.366 e. The summed E-state index contributed by atoms with van der Waals surface area (Å²) in [7, 11) is 4.03. The van der Waals surface area contributed by atoms with E-state index >= 15 is 0 Å². The van der Waals surface area contributed by atoms with Crippen LogP contribution in [0.2, 0.25) is 0 Å². The number of hydrogen-bond donors (Lipinski definition) is 2. The van der Waals surface area contributed by atoms with E-state index in [0.29, 0.717) is 17.7 Å². The molecule has 0 heterocycles. The minimum Gasteiger partial charge on any atom is -0.366 e. The molecule has 19 heavy (non-hydrogen) atoms. The van der Waals surface area contributed by atoms with E-state index in [9.17, 15) is 9.18 Å². The third-order valence-electron chi connectivity index (χ3n) is 2.98. The van der Waals surface area contributed by atoms with Crippen LogP contribution in [0.1, 0.15) is 29.3 Å². The Hall–Kier alpha value is -1.46. The first-order valence-electron chi connectivity index (χ1n) is 6.36. The number of amides is 1. The highest BCUT2D eigenvalue weighted by atomic mass is 19.1. The molecule has 1 aromatic rings. The molecule has 0 aromatic heterocycles. The molecule has 1 aromatic carbocycles. The van der Waals surface area contributed by atoms with Gasteiger partial charge in [-0.25, -0.2) is 4.39 Å². The first kappa shape index (κ1) is 15.6. The van der Waals surface area contributed by atoms with Crippen molar-refractivity contribution in [3.05, 3.63) is 35.1 Å². The minimum absolute atomic E-state index is 0.277. The van der Waals surface area contributed by atoms with E-state index in [2.05, 4.69) is 17.1 Å². The van der Waals surface area contributed by atoms with Crippen LogP contribution in [0, 0.1) is 5.82 Å². The topological polar surface area (TPSA) is 58.4 Å². The zero-order valence-electron chi connectivity index (χ0n) is 11.7. The monoisotopic (exact) mass is 267 g/mol. The fourth-order valence-electron chi connectivity index (χ4n) is 1.70. The van der Waals surface area contributed by atoms with Gasteiger partial charge in [-0.3, -0.25) is 4.79 Å². The summed E-state index contributed by atoms with van der Waals surface area (Å²) in [6.45, 7) is 3.42. The van der Waals surface area contributed by atoms with E-state index in [0.717, 1.165) is 13.0 Å². The van der Waals surface area contributed by atoms with Gasteiger partial charge in [-0.2, -0.15) is 0 Å². The van der Waals surface area contributed by atoms with Crippen molar-refractivity contribution >= 4 is 5.91 Å². The molecule has 0 saturated carbocycles. The maximum atomic E-state index is 13.6. The number of carbonyl (C=O) groups excluding carboxylic acids is 1. The van der Waals surface area contributed by atoms with Gasteiger partial charge in [-0.05, 0) is 52.2 Å². The summed E-state index contributed by atoms with van der Waals surface area (Å²) in [6.07, 6.45) is 0.976. The van der Waals surface area contributed by atoms with E-state index in [-0.39, 0.29) is 11.9 Å². The fourth-order valence-corrected chi connectivity index (χ4v) is 1.70. The molecule has 0 saturated heterocycles. The van der Waals surface area contributed by atoms with Crippen molar-refractivity contribution in [3.63, 3.8) is 0 Å². The van der Waals surface area contributed by atoms with Gasteiger partial charge in [0.05, 0.1) is 0 Å². The first-order valence-corrected chi connectivity index (χ1v) is 6.36. The van der Waals surface area contributed by atoms with E-state index in [1.807, 2.05) is 14.1 Å². The van der Waals surface area contributed by atoms with Gasteiger partial charge in [0.15, 0.2) is 0 Å². The Labute approximate surface area is 113 Å². The molecule has 0 aliphatic rings. The van der Waals surface area contributed by atoms with Crippen molar-refractivity contribution in [2.45, 2.75) is 25.9 Å². The van der Waals surface area contributed by atoms with E-state index < -0.39 is 5.91 Å². The SMILES string of the molecule is CC(CCN(C)C)NCc1cc(C(N)=O)ccc1F. The van der Waals surface area contributed by atoms with E-state index in [4.69, 9.17) is 5.73 Å². The first-order chi connectivity index (χ1) is 8.90. The second kappa shape index (κ2) is 7.21. The average Bonchev–Trinajstić information content (AvgIpc) is 2.35. The molecule has 0 aliphatic carbocycles. The molecule has 3 N–H and O–H groups in total. The summed E-state index contributed by atoms with van der Waals surface area (Å²) in [5.41, 5.74) is 5.98. The molecular weight excluding hydrogens is 245 g/mol. The van der Waals surface area contributed by atoms with Crippen LogP contribution in [0.4, 0.5) is 4.39 Å². The van der Waals surface area contributed by atoms with Gasteiger partial charge >= 0.3 is 0 Å². The lowest BCUT2D eigenvalue weighted by Crippen LogP contribution is -2.29. The van der Waals surface area contributed by atoms with Crippen LogP contribution in [0.3, 0.4) is 0 Å². The van der Waals surface area contributed by atoms with Crippen molar-refractivity contribution < 1.29 is 9.18 Å². The molecule has 0 spiro atoms. The van der Waals surface area contributed by atoms with Crippen molar-refractivity contribution in [2.75, 3.05) is 20.6 Å². The number of nitrogens with two attached hydrogens (primary N) is 1. The quantitative estimate of drug-likeness (QED) is 0.784. The number of halogens is 1. The molecule has 0 fully saturated rings. The van der Waals surface area contributed by atoms with Crippen LogP contribution in [0.25, 0.3) is 0 Å². The highest BCUT2D eigenvalue weighted by Crippen LogP contribution is 2.10. The maximum absolute atomic E-state index is 13.6. The normalized spacial score (nSPS) is 12.7. The smallest absolute Gasteiger partial charge is 0.248 e. The number of rotatable bonds is 7. The number of benzene rings is 1. The zero-order valence-corrected chi connectivity index (χ0v) is 11.7. The molecular formula is C14H22FN3O. The van der Waals surface area contributed by atoms with Gasteiger partial charge < -0.3 is 16.0 Å². The molecule has 1 atom stereocenters. The van der Waals surface area contributed by atoms with Crippen molar-refractivity contribution in [3.8, 4) is 0 Å². The van der Waals surface area contributed by atoms with Gasteiger partial charge in [0.1, 0.15) is 5.82 Å². The predicted molar refractivity (Wildman–Crippen MR) is 74.4 cm³/mol. The van der Waals surface area contributed by atoms with Gasteiger partial charge in [-0.1, -0.05) is 0 Å². The molecule has 5 heteroatoms. The molecule has 1 rings (SSSR count). The Morgan fingerprint density at radius 1 is 1.47 bits per heavy atom. The van der Waals surface area contributed by atoms with Crippen LogP contribution in [0.15, 0.2) is 18.2 Å². The zero-order chi connectivity index (χ0) is 14.4. The standard InChI is InChI=1S/C14H22FN3O/c1-10(6-7-18(2)3)17-9-12-8-11(14(16)19)4-5-13(12)15/h4-5,8,10,17H,6-7,9H2,1-3H3,(H2,16,19). The summed E-state index contributed by atoms with van der Waals surface area (Å²) in [5.74, 6) is -0.862. The lowest BCUT2D eigenvalue weighted by Gasteiger charge is -2.17. The lowest BCUT2D eigenvalue weighted by atomic mass is 10.1. The number of hydrogen-bond acceptors (Lipinski definition) is 3. The van der Waals surface area contributed by atoms with Crippen LogP contribution >= 0.6 is 0 Å². The van der Waals surface area contributed by atoms with E-state index in [1.165, 1.54) is 18.2 Å². The highest BCUT2D eigenvalue weighted by molar-refractivity contribution is 5.92.